The SMILES string of the molecule is Cc1cc(C#N)c(O)cc1-c1ccc2oc(NC3CCCN4C[C@@H](O)CC34)nc2n1. The zero-order chi connectivity index (χ0) is 20.8. The highest BCUT2D eigenvalue weighted by molar-refractivity contribution is 5.77. The topological polar surface area (TPSA) is 118 Å². The first-order valence-electron chi connectivity index (χ1n) is 10.2. The van der Waals surface area contributed by atoms with Gasteiger partial charge in [0, 0.05) is 24.2 Å². The van der Waals surface area contributed by atoms with Crippen molar-refractivity contribution in [2.45, 2.75) is 44.4 Å². The summed E-state index contributed by atoms with van der Waals surface area (Å²) >= 11 is 0. The summed E-state index contributed by atoms with van der Waals surface area (Å²) in [7, 11) is 0. The Hall–Kier alpha value is -3.15. The zero-order valence-corrected chi connectivity index (χ0v) is 16.7. The summed E-state index contributed by atoms with van der Waals surface area (Å²) in [5.41, 5.74) is 3.55. The standard InChI is InChI=1S/C22H23N5O3/c1-12-7-13(10-23)19(29)9-15(12)16-4-5-20-21(24-16)26-22(30-20)25-17-3-2-6-27-11-14(28)8-18(17)27/h4-5,7,9,14,17-18,28-29H,2-3,6,8,11H2,1H3,(H,24,25,26)/t14-,17?,18?/m0/s1. The molecular weight excluding hydrogens is 382 g/mol. The van der Waals surface area contributed by atoms with Gasteiger partial charge >= 0.3 is 0 Å². The summed E-state index contributed by atoms with van der Waals surface area (Å²) < 4.78 is 5.87. The molecule has 1 aromatic carbocycles. The van der Waals surface area contributed by atoms with Crippen LogP contribution in [-0.4, -0.2) is 56.4 Å². The van der Waals surface area contributed by atoms with Gasteiger partial charge in [-0.3, -0.25) is 4.90 Å². The minimum Gasteiger partial charge on any atom is -0.507 e. The van der Waals surface area contributed by atoms with Crippen molar-refractivity contribution < 1.29 is 14.6 Å². The molecule has 2 aromatic heterocycles. The summed E-state index contributed by atoms with van der Waals surface area (Å²) in [6.07, 6.45) is 2.58. The molecule has 0 aliphatic carbocycles. The fourth-order valence-electron chi connectivity index (χ4n) is 4.71. The number of aryl methyl sites for hydroxylation is 1. The van der Waals surface area contributed by atoms with Crippen molar-refractivity contribution >= 4 is 17.2 Å². The number of oxazole rings is 1. The maximum atomic E-state index is 10.1. The summed E-state index contributed by atoms with van der Waals surface area (Å²) in [5.74, 6) is -0.0666. The number of phenols is 1. The summed E-state index contributed by atoms with van der Waals surface area (Å²) in [4.78, 5) is 11.5. The van der Waals surface area contributed by atoms with Crippen LogP contribution in [0.5, 0.6) is 5.75 Å². The van der Waals surface area contributed by atoms with E-state index in [1.807, 2.05) is 25.1 Å². The lowest BCUT2D eigenvalue weighted by Gasteiger charge is -2.36. The number of benzene rings is 1. The van der Waals surface area contributed by atoms with Gasteiger partial charge in [-0.2, -0.15) is 10.2 Å². The van der Waals surface area contributed by atoms with Gasteiger partial charge in [0.25, 0.3) is 6.01 Å². The van der Waals surface area contributed by atoms with E-state index in [2.05, 4.69) is 20.2 Å². The van der Waals surface area contributed by atoms with Crippen LogP contribution < -0.4 is 5.32 Å². The molecule has 0 radical (unpaired) electrons. The van der Waals surface area contributed by atoms with Gasteiger partial charge in [0.15, 0.2) is 5.58 Å². The van der Waals surface area contributed by atoms with Crippen LogP contribution in [0.2, 0.25) is 0 Å². The van der Waals surface area contributed by atoms with Crippen molar-refractivity contribution in [2.24, 2.45) is 0 Å². The molecule has 154 valence electrons. The van der Waals surface area contributed by atoms with Crippen LogP contribution in [0.15, 0.2) is 28.7 Å². The molecule has 30 heavy (non-hydrogen) atoms. The van der Waals surface area contributed by atoms with E-state index in [0.29, 0.717) is 22.9 Å². The highest BCUT2D eigenvalue weighted by Gasteiger charge is 2.39. The molecule has 2 aliphatic rings. The number of aromatic hydroxyl groups is 1. The van der Waals surface area contributed by atoms with Gasteiger partial charge in [0.05, 0.1) is 17.4 Å². The van der Waals surface area contributed by atoms with Crippen LogP contribution in [0.4, 0.5) is 6.01 Å². The van der Waals surface area contributed by atoms with Crippen LogP contribution in [0.3, 0.4) is 0 Å². The van der Waals surface area contributed by atoms with Gasteiger partial charge in [-0.25, -0.2) is 4.98 Å². The van der Waals surface area contributed by atoms with Gasteiger partial charge in [-0.15, -0.1) is 0 Å². The molecule has 0 amide bonds. The molecule has 5 rings (SSSR count). The quantitative estimate of drug-likeness (QED) is 0.609. The average molecular weight is 405 g/mol. The van der Waals surface area contributed by atoms with Gasteiger partial charge in [0.2, 0.25) is 5.65 Å². The molecule has 3 N–H and O–H groups in total. The summed E-state index contributed by atoms with van der Waals surface area (Å²) in [6, 6.07) is 9.73. The minimum absolute atomic E-state index is 0.0666. The van der Waals surface area contributed by atoms with E-state index in [-0.39, 0.29) is 29.5 Å². The molecule has 2 saturated heterocycles. The van der Waals surface area contributed by atoms with Crippen molar-refractivity contribution in [3.05, 3.63) is 35.4 Å². The first-order chi connectivity index (χ1) is 14.5. The number of anilines is 1. The Bertz CT molecular complexity index is 1150. The maximum absolute atomic E-state index is 10.1. The van der Waals surface area contributed by atoms with Crippen LogP contribution in [0, 0.1) is 18.3 Å². The fraction of sp³-hybridized carbons (Fsp3) is 0.409. The Labute approximate surface area is 173 Å². The van der Waals surface area contributed by atoms with E-state index in [1.54, 1.807) is 12.1 Å². The minimum atomic E-state index is -0.266. The van der Waals surface area contributed by atoms with E-state index >= 15 is 0 Å². The Morgan fingerprint density at radius 3 is 3.00 bits per heavy atom. The predicted octanol–water partition coefficient (Wildman–Crippen LogP) is 2.79. The number of pyridine rings is 1. The number of aliphatic hydroxyl groups excluding tert-OH is 1. The maximum Gasteiger partial charge on any atom is 0.297 e. The third kappa shape index (κ3) is 3.26. The number of fused-ring (bicyclic) bond motifs is 2. The average Bonchev–Trinajstić information content (AvgIpc) is 3.31. The van der Waals surface area contributed by atoms with Crippen LogP contribution in [-0.2, 0) is 0 Å². The van der Waals surface area contributed by atoms with Gasteiger partial charge < -0.3 is 19.9 Å². The summed E-state index contributed by atoms with van der Waals surface area (Å²) in [5, 5.41) is 32.6. The number of aliphatic hydroxyl groups is 1. The van der Waals surface area contributed by atoms with Gasteiger partial charge in [0.1, 0.15) is 11.8 Å². The van der Waals surface area contributed by atoms with Crippen LogP contribution in [0.25, 0.3) is 22.5 Å². The lowest BCUT2D eigenvalue weighted by Crippen LogP contribution is -2.47. The third-order valence-electron chi connectivity index (χ3n) is 6.15. The fourth-order valence-corrected chi connectivity index (χ4v) is 4.71. The molecule has 2 fully saturated rings. The van der Waals surface area contributed by atoms with Gasteiger partial charge in [-0.05, 0) is 62.6 Å². The number of piperidine rings is 1. The number of phenolic OH excluding ortho intramolecular Hbond substituents is 1. The number of hydrogen-bond acceptors (Lipinski definition) is 8. The first kappa shape index (κ1) is 18.9. The van der Waals surface area contributed by atoms with E-state index in [1.165, 1.54) is 0 Å². The Kier molecular flexibility index (Phi) is 4.57. The highest BCUT2D eigenvalue weighted by Crippen LogP contribution is 2.32. The number of aromatic nitrogens is 2. The number of rotatable bonds is 3. The Morgan fingerprint density at radius 2 is 2.17 bits per heavy atom. The summed E-state index contributed by atoms with van der Waals surface area (Å²) in [6.45, 7) is 3.63. The van der Waals surface area contributed by atoms with Crippen molar-refractivity contribution in [1.82, 2.24) is 14.9 Å². The van der Waals surface area contributed by atoms with Crippen LogP contribution >= 0.6 is 0 Å². The number of nitriles is 1. The third-order valence-corrected chi connectivity index (χ3v) is 6.15. The van der Waals surface area contributed by atoms with Gasteiger partial charge in [-0.1, -0.05) is 0 Å². The largest absolute Gasteiger partial charge is 0.507 e. The molecule has 3 aromatic rings. The lowest BCUT2D eigenvalue weighted by molar-refractivity contribution is 0.161. The van der Waals surface area contributed by atoms with E-state index in [9.17, 15) is 10.2 Å². The molecule has 2 aliphatic heterocycles. The van der Waals surface area contributed by atoms with E-state index in [4.69, 9.17) is 9.68 Å². The Balaban J connectivity index is 1.42. The second kappa shape index (κ2) is 7.27. The first-order valence-corrected chi connectivity index (χ1v) is 10.2. The van der Waals surface area contributed by atoms with Crippen LogP contribution in [0.1, 0.15) is 30.4 Å². The number of nitrogens with zero attached hydrogens (tertiary/aromatic N) is 4. The smallest absolute Gasteiger partial charge is 0.297 e. The van der Waals surface area contributed by atoms with Crippen molar-refractivity contribution in [3.63, 3.8) is 0 Å². The highest BCUT2D eigenvalue weighted by atomic mass is 16.4. The molecule has 2 unspecified atom stereocenters. The number of hydrogen-bond donors (Lipinski definition) is 3. The molecular formula is C22H23N5O3. The second-order valence-corrected chi connectivity index (χ2v) is 8.18. The number of nitrogens with one attached hydrogen (secondary N) is 1. The van der Waals surface area contributed by atoms with Crippen molar-refractivity contribution in [2.75, 3.05) is 18.4 Å². The molecule has 4 heterocycles. The monoisotopic (exact) mass is 405 g/mol. The molecule has 0 spiro atoms. The second-order valence-electron chi connectivity index (χ2n) is 8.18. The normalized spacial score (nSPS) is 24.0. The van der Waals surface area contributed by atoms with Crippen molar-refractivity contribution in [3.8, 4) is 23.1 Å². The molecule has 0 saturated carbocycles. The van der Waals surface area contributed by atoms with E-state index in [0.717, 1.165) is 43.5 Å². The van der Waals surface area contributed by atoms with E-state index < -0.39 is 0 Å². The molecule has 8 nitrogen and oxygen atoms in total. The lowest BCUT2D eigenvalue weighted by atomic mass is 9.96. The zero-order valence-electron chi connectivity index (χ0n) is 16.7. The molecule has 0 bridgehead atoms. The molecule has 8 heteroatoms. The van der Waals surface area contributed by atoms with Crippen molar-refractivity contribution in [1.29, 1.82) is 5.26 Å². The molecule has 3 atom stereocenters. The Morgan fingerprint density at radius 1 is 1.30 bits per heavy atom. The predicted molar refractivity (Wildman–Crippen MR) is 111 cm³/mol.